The maximum absolute atomic E-state index is 10.5. The van der Waals surface area contributed by atoms with Gasteiger partial charge in [0, 0.05) is 5.56 Å². The van der Waals surface area contributed by atoms with Gasteiger partial charge in [-0.05, 0) is 30.9 Å². The van der Waals surface area contributed by atoms with E-state index >= 15 is 0 Å². The van der Waals surface area contributed by atoms with Crippen molar-refractivity contribution in [3.63, 3.8) is 0 Å². The summed E-state index contributed by atoms with van der Waals surface area (Å²) < 4.78 is 5.59. The van der Waals surface area contributed by atoms with Gasteiger partial charge in [0.2, 0.25) is 0 Å². The van der Waals surface area contributed by atoms with Crippen LogP contribution in [0.1, 0.15) is 29.6 Å². The van der Waals surface area contributed by atoms with Gasteiger partial charge in [-0.2, -0.15) is 0 Å². The Hall–Kier alpha value is -1.31. The SMILES string of the molecule is O=Cc1cccc(OCC2CCC2)c1. The molecule has 0 spiro atoms. The minimum absolute atomic E-state index is 0.677. The number of hydrogen-bond donors (Lipinski definition) is 0. The molecule has 0 N–H and O–H groups in total. The molecular formula is C12H14O2. The second-order valence-electron chi connectivity index (χ2n) is 3.80. The molecule has 2 nitrogen and oxygen atoms in total. The Kier molecular flexibility index (Phi) is 2.82. The van der Waals surface area contributed by atoms with Crippen molar-refractivity contribution in [2.75, 3.05) is 6.61 Å². The average Bonchev–Trinajstić information content (AvgIpc) is 2.16. The van der Waals surface area contributed by atoms with Gasteiger partial charge in [-0.1, -0.05) is 18.6 Å². The van der Waals surface area contributed by atoms with E-state index in [9.17, 15) is 4.79 Å². The highest BCUT2D eigenvalue weighted by molar-refractivity contribution is 5.75. The number of carbonyl (C=O) groups excluding carboxylic acids is 1. The molecule has 2 rings (SSSR count). The van der Waals surface area contributed by atoms with Crippen LogP contribution in [-0.4, -0.2) is 12.9 Å². The smallest absolute Gasteiger partial charge is 0.150 e. The van der Waals surface area contributed by atoms with E-state index in [2.05, 4.69) is 0 Å². The summed E-state index contributed by atoms with van der Waals surface area (Å²) in [7, 11) is 0. The van der Waals surface area contributed by atoms with Gasteiger partial charge in [0.25, 0.3) is 0 Å². The van der Waals surface area contributed by atoms with Crippen LogP contribution in [-0.2, 0) is 0 Å². The van der Waals surface area contributed by atoms with E-state index in [1.807, 2.05) is 12.1 Å². The third-order valence-corrected chi connectivity index (χ3v) is 2.70. The van der Waals surface area contributed by atoms with Crippen molar-refractivity contribution < 1.29 is 9.53 Å². The molecule has 1 fully saturated rings. The Morgan fingerprint density at radius 3 is 2.93 bits per heavy atom. The first kappa shape index (κ1) is 9.25. The molecule has 0 unspecified atom stereocenters. The van der Waals surface area contributed by atoms with Gasteiger partial charge >= 0.3 is 0 Å². The van der Waals surface area contributed by atoms with E-state index in [0.29, 0.717) is 5.56 Å². The standard InChI is InChI=1S/C12H14O2/c13-8-11-5-2-6-12(7-11)14-9-10-3-1-4-10/h2,5-8,10H,1,3-4,9H2. The fraction of sp³-hybridized carbons (Fsp3) is 0.417. The largest absolute Gasteiger partial charge is 0.493 e. The second-order valence-corrected chi connectivity index (χ2v) is 3.80. The van der Waals surface area contributed by atoms with Crippen LogP contribution in [0.15, 0.2) is 24.3 Å². The Balaban J connectivity index is 1.90. The topological polar surface area (TPSA) is 26.3 Å². The van der Waals surface area contributed by atoms with Crippen molar-refractivity contribution in [3.8, 4) is 5.75 Å². The van der Waals surface area contributed by atoms with Gasteiger partial charge in [0.1, 0.15) is 12.0 Å². The fourth-order valence-electron chi connectivity index (χ4n) is 1.55. The molecule has 0 heterocycles. The molecule has 0 atom stereocenters. The minimum atomic E-state index is 0.677. The van der Waals surface area contributed by atoms with Crippen LogP contribution >= 0.6 is 0 Å². The predicted molar refractivity (Wildman–Crippen MR) is 54.7 cm³/mol. The summed E-state index contributed by atoms with van der Waals surface area (Å²) in [6.45, 7) is 0.794. The quantitative estimate of drug-likeness (QED) is 0.682. The molecule has 0 bridgehead atoms. The van der Waals surface area contributed by atoms with Crippen molar-refractivity contribution in [1.82, 2.24) is 0 Å². The first-order valence-electron chi connectivity index (χ1n) is 5.06. The molecule has 1 aromatic carbocycles. The van der Waals surface area contributed by atoms with Crippen LogP contribution < -0.4 is 4.74 Å². The lowest BCUT2D eigenvalue weighted by Crippen LogP contribution is -2.19. The van der Waals surface area contributed by atoms with Crippen LogP contribution in [0.3, 0.4) is 0 Å². The van der Waals surface area contributed by atoms with Crippen molar-refractivity contribution >= 4 is 6.29 Å². The lowest BCUT2D eigenvalue weighted by molar-refractivity contribution is 0.112. The van der Waals surface area contributed by atoms with E-state index in [1.165, 1.54) is 19.3 Å². The van der Waals surface area contributed by atoms with E-state index in [0.717, 1.165) is 24.6 Å². The fourth-order valence-corrected chi connectivity index (χ4v) is 1.55. The van der Waals surface area contributed by atoms with Gasteiger partial charge in [-0.3, -0.25) is 4.79 Å². The lowest BCUT2D eigenvalue weighted by Gasteiger charge is -2.25. The zero-order valence-corrected chi connectivity index (χ0v) is 8.11. The molecule has 0 aliphatic heterocycles. The molecule has 1 aromatic rings. The Labute approximate surface area is 83.9 Å². The van der Waals surface area contributed by atoms with E-state index in [-0.39, 0.29) is 0 Å². The highest BCUT2D eigenvalue weighted by Gasteiger charge is 2.17. The number of hydrogen-bond acceptors (Lipinski definition) is 2. The zero-order chi connectivity index (χ0) is 9.80. The highest BCUT2D eigenvalue weighted by atomic mass is 16.5. The minimum Gasteiger partial charge on any atom is -0.493 e. The van der Waals surface area contributed by atoms with Gasteiger partial charge in [-0.15, -0.1) is 0 Å². The number of ether oxygens (including phenoxy) is 1. The zero-order valence-electron chi connectivity index (χ0n) is 8.11. The van der Waals surface area contributed by atoms with Gasteiger partial charge in [0.15, 0.2) is 0 Å². The van der Waals surface area contributed by atoms with E-state index in [1.54, 1.807) is 12.1 Å². The monoisotopic (exact) mass is 190 g/mol. The molecule has 14 heavy (non-hydrogen) atoms. The van der Waals surface area contributed by atoms with Crippen molar-refractivity contribution in [3.05, 3.63) is 29.8 Å². The van der Waals surface area contributed by atoms with Crippen molar-refractivity contribution in [2.45, 2.75) is 19.3 Å². The maximum Gasteiger partial charge on any atom is 0.150 e. The summed E-state index contributed by atoms with van der Waals surface area (Å²) in [4.78, 5) is 10.5. The molecule has 1 aliphatic carbocycles. The van der Waals surface area contributed by atoms with Crippen molar-refractivity contribution in [2.24, 2.45) is 5.92 Å². The molecule has 1 saturated carbocycles. The number of carbonyl (C=O) groups is 1. The first-order valence-corrected chi connectivity index (χ1v) is 5.06. The van der Waals surface area contributed by atoms with Crippen LogP contribution in [0.25, 0.3) is 0 Å². The summed E-state index contributed by atoms with van der Waals surface area (Å²) in [6, 6.07) is 7.31. The molecule has 2 heteroatoms. The number of benzene rings is 1. The second kappa shape index (κ2) is 4.27. The average molecular weight is 190 g/mol. The Bertz CT molecular complexity index is 316. The van der Waals surface area contributed by atoms with Gasteiger partial charge < -0.3 is 4.74 Å². The summed E-state index contributed by atoms with van der Waals surface area (Å²) in [5, 5.41) is 0. The third-order valence-electron chi connectivity index (χ3n) is 2.70. The molecule has 0 amide bonds. The van der Waals surface area contributed by atoms with Crippen molar-refractivity contribution in [1.29, 1.82) is 0 Å². The van der Waals surface area contributed by atoms with Crippen LogP contribution in [0.2, 0.25) is 0 Å². The maximum atomic E-state index is 10.5. The van der Waals surface area contributed by atoms with E-state index < -0.39 is 0 Å². The van der Waals surface area contributed by atoms with Crippen LogP contribution in [0.5, 0.6) is 5.75 Å². The van der Waals surface area contributed by atoms with Crippen LogP contribution in [0.4, 0.5) is 0 Å². The van der Waals surface area contributed by atoms with E-state index in [4.69, 9.17) is 4.74 Å². The predicted octanol–water partition coefficient (Wildman–Crippen LogP) is 2.68. The molecule has 1 aliphatic rings. The van der Waals surface area contributed by atoms with Gasteiger partial charge in [-0.25, -0.2) is 0 Å². The molecule has 0 radical (unpaired) electrons. The summed E-state index contributed by atoms with van der Waals surface area (Å²) >= 11 is 0. The lowest BCUT2D eigenvalue weighted by atomic mass is 9.86. The Morgan fingerprint density at radius 2 is 2.29 bits per heavy atom. The van der Waals surface area contributed by atoms with Crippen LogP contribution in [0, 0.1) is 5.92 Å². The summed E-state index contributed by atoms with van der Waals surface area (Å²) in [6.07, 6.45) is 4.75. The normalized spacial score (nSPS) is 16.0. The molecular weight excluding hydrogens is 176 g/mol. The molecule has 74 valence electrons. The van der Waals surface area contributed by atoms with Gasteiger partial charge in [0.05, 0.1) is 6.61 Å². The highest BCUT2D eigenvalue weighted by Crippen LogP contribution is 2.27. The Morgan fingerprint density at radius 1 is 1.43 bits per heavy atom. The first-order chi connectivity index (χ1) is 6.88. The summed E-state index contributed by atoms with van der Waals surface area (Å²) in [5.41, 5.74) is 0.677. The number of aldehydes is 1. The molecule has 0 aromatic heterocycles. The number of rotatable bonds is 4. The third kappa shape index (κ3) is 2.13. The summed E-state index contributed by atoms with van der Waals surface area (Å²) in [5.74, 6) is 1.54. The molecule has 0 saturated heterocycles.